The molecule has 0 saturated carbocycles. The first-order valence-electron chi connectivity index (χ1n) is 6.21. The summed E-state index contributed by atoms with van der Waals surface area (Å²) in [6.07, 6.45) is 4.38. The summed E-state index contributed by atoms with van der Waals surface area (Å²) in [5.74, 6) is 0.691. The molecular formula is C14H18ClNO. The van der Waals surface area contributed by atoms with E-state index in [0.717, 1.165) is 25.7 Å². The minimum absolute atomic E-state index is 0.134. The number of fused-ring (bicyclic) bond motifs is 1. The first-order valence-corrected chi connectivity index (χ1v) is 6.75. The van der Waals surface area contributed by atoms with E-state index in [9.17, 15) is 4.79 Å². The lowest BCUT2D eigenvalue weighted by Crippen LogP contribution is -2.38. The van der Waals surface area contributed by atoms with Gasteiger partial charge in [-0.1, -0.05) is 24.3 Å². The fraction of sp³-hybridized carbons (Fsp3) is 0.500. The van der Waals surface area contributed by atoms with Crippen LogP contribution in [0.1, 0.15) is 30.4 Å². The van der Waals surface area contributed by atoms with Gasteiger partial charge in [-0.3, -0.25) is 4.79 Å². The third-order valence-electron chi connectivity index (χ3n) is 3.25. The number of halogens is 1. The van der Waals surface area contributed by atoms with Gasteiger partial charge in [-0.05, 0) is 36.8 Å². The highest BCUT2D eigenvalue weighted by atomic mass is 35.5. The zero-order valence-corrected chi connectivity index (χ0v) is 10.7. The Morgan fingerprint density at radius 2 is 2.12 bits per heavy atom. The Balaban J connectivity index is 1.88. The first kappa shape index (κ1) is 12.4. The van der Waals surface area contributed by atoms with Gasteiger partial charge in [-0.25, -0.2) is 0 Å². The van der Waals surface area contributed by atoms with Crippen LogP contribution in [0.5, 0.6) is 0 Å². The van der Waals surface area contributed by atoms with Crippen LogP contribution in [0.3, 0.4) is 0 Å². The largest absolute Gasteiger partial charge is 0.353 e. The van der Waals surface area contributed by atoms with Gasteiger partial charge in [0.1, 0.15) is 0 Å². The highest BCUT2D eigenvalue weighted by Crippen LogP contribution is 2.21. The lowest BCUT2D eigenvalue weighted by atomic mass is 9.88. The summed E-state index contributed by atoms with van der Waals surface area (Å²) >= 11 is 5.58. The summed E-state index contributed by atoms with van der Waals surface area (Å²) in [5, 5.41) is 3.10. The number of carbonyl (C=O) groups excluding carboxylic acids is 1. The van der Waals surface area contributed by atoms with Crippen LogP contribution in [0.15, 0.2) is 24.3 Å². The molecule has 1 aliphatic rings. The van der Waals surface area contributed by atoms with Crippen molar-refractivity contribution >= 4 is 17.5 Å². The maximum absolute atomic E-state index is 11.6. The number of nitrogens with one attached hydrogen (secondary N) is 1. The average Bonchev–Trinajstić information content (AvgIpc) is 2.36. The number of hydrogen-bond acceptors (Lipinski definition) is 1. The number of aryl methyl sites for hydroxylation is 1. The summed E-state index contributed by atoms with van der Waals surface area (Å²) in [7, 11) is 0. The Kier molecular flexibility index (Phi) is 4.43. The Morgan fingerprint density at radius 3 is 2.88 bits per heavy atom. The van der Waals surface area contributed by atoms with Crippen LogP contribution in [0.25, 0.3) is 0 Å². The van der Waals surface area contributed by atoms with Gasteiger partial charge in [-0.15, -0.1) is 11.6 Å². The minimum atomic E-state index is 0.134. The average molecular weight is 252 g/mol. The highest BCUT2D eigenvalue weighted by molar-refractivity contribution is 6.17. The van der Waals surface area contributed by atoms with Gasteiger partial charge in [0.15, 0.2) is 0 Å². The summed E-state index contributed by atoms with van der Waals surface area (Å²) in [6, 6.07) is 8.79. The second kappa shape index (κ2) is 6.06. The van der Waals surface area contributed by atoms with Crippen LogP contribution in [0, 0.1) is 0 Å². The van der Waals surface area contributed by atoms with E-state index in [4.69, 9.17) is 11.6 Å². The van der Waals surface area contributed by atoms with Crippen molar-refractivity contribution < 1.29 is 4.79 Å². The SMILES string of the molecule is O=C(CCCCl)NC1CCc2ccccc2C1. The third kappa shape index (κ3) is 3.47. The summed E-state index contributed by atoms with van der Waals surface area (Å²) < 4.78 is 0. The van der Waals surface area contributed by atoms with E-state index in [1.807, 2.05) is 0 Å². The highest BCUT2D eigenvalue weighted by Gasteiger charge is 2.19. The molecule has 1 aliphatic carbocycles. The maximum atomic E-state index is 11.6. The number of carbonyl (C=O) groups is 1. The molecule has 1 amide bonds. The molecule has 0 bridgehead atoms. The Hall–Kier alpha value is -1.02. The Bertz CT molecular complexity index is 392. The molecule has 0 heterocycles. The van der Waals surface area contributed by atoms with Crippen LogP contribution in [0.2, 0.25) is 0 Å². The van der Waals surface area contributed by atoms with Gasteiger partial charge < -0.3 is 5.32 Å². The topological polar surface area (TPSA) is 29.1 Å². The monoisotopic (exact) mass is 251 g/mol. The molecule has 0 spiro atoms. The zero-order valence-electron chi connectivity index (χ0n) is 9.92. The number of amides is 1. The summed E-state index contributed by atoms with van der Waals surface area (Å²) in [5.41, 5.74) is 2.81. The van der Waals surface area contributed by atoms with Crippen molar-refractivity contribution in [2.75, 3.05) is 5.88 Å². The van der Waals surface area contributed by atoms with E-state index in [2.05, 4.69) is 29.6 Å². The smallest absolute Gasteiger partial charge is 0.220 e. The lowest BCUT2D eigenvalue weighted by molar-refractivity contribution is -0.121. The molecule has 3 heteroatoms. The number of rotatable bonds is 4. The summed E-state index contributed by atoms with van der Waals surface area (Å²) in [4.78, 5) is 11.6. The van der Waals surface area contributed by atoms with Crippen LogP contribution >= 0.6 is 11.6 Å². The molecule has 92 valence electrons. The van der Waals surface area contributed by atoms with E-state index in [-0.39, 0.29) is 5.91 Å². The van der Waals surface area contributed by atoms with Gasteiger partial charge in [0, 0.05) is 18.3 Å². The van der Waals surface area contributed by atoms with Crippen molar-refractivity contribution in [2.24, 2.45) is 0 Å². The second-order valence-corrected chi connectivity index (χ2v) is 4.95. The Labute approximate surface area is 107 Å². The Morgan fingerprint density at radius 1 is 1.35 bits per heavy atom. The van der Waals surface area contributed by atoms with Crippen LogP contribution < -0.4 is 5.32 Å². The van der Waals surface area contributed by atoms with Crippen molar-refractivity contribution in [3.05, 3.63) is 35.4 Å². The molecule has 1 aromatic carbocycles. The van der Waals surface area contributed by atoms with Gasteiger partial charge in [0.05, 0.1) is 0 Å². The van der Waals surface area contributed by atoms with Crippen molar-refractivity contribution in [3.8, 4) is 0 Å². The summed E-state index contributed by atoms with van der Waals surface area (Å²) in [6.45, 7) is 0. The third-order valence-corrected chi connectivity index (χ3v) is 3.52. The van der Waals surface area contributed by atoms with E-state index < -0.39 is 0 Å². The molecular weight excluding hydrogens is 234 g/mol. The van der Waals surface area contributed by atoms with E-state index in [1.165, 1.54) is 11.1 Å². The molecule has 1 atom stereocenters. The standard InChI is InChI=1S/C14H18ClNO/c15-9-3-6-14(17)16-13-8-7-11-4-1-2-5-12(11)10-13/h1-2,4-5,13H,3,6-10H2,(H,16,17). The first-order chi connectivity index (χ1) is 8.29. The van der Waals surface area contributed by atoms with Crippen LogP contribution in [-0.2, 0) is 17.6 Å². The van der Waals surface area contributed by atoms with E-state index >= 15 is 0 Å². The van der Waals surface area contributed by atoms with Gasteiger partial charge in [0.2, 0.25) is 5.91 Å². The molecule has 0 radical (unpaired) electrons. The number of alkyl halides is 1. The molecule has 2 nitrogen and oxygen atoms in total. The fourth-order valence-electron chi connectivity index (χ4n) is 2.35. The predicted molar refractivity (Wildman–Crippen MR) is 70.4 cm³/mol. The quantitative estimate of drug-likeness (QED) is 0.819. The number of hydrogen-bond donors (Lipinski definition) is 1. The predicted octanol–water partition coefficient (Wildman–Crippen LogP) is 2.68. The van der Waals surface area contributed by atoms with Crippen LogP contribution in [0.4, 0.5) is 0 Å². The second-order valence-electron chi connectivity index (χ2n) is 4.57. The van der Waals surface area contributed by atoms with Gasteiger partial charge in [-0.2, -0.15) is 0 Å². The van der Waals surface area contributed by atoms with Gasteiger partial charge in [0.25, 0.3) is 0 Å². The molecule has 2 rings (SSSR count). The van der Waals surface area contributed by atoms with Crippen molar-refractivity contribution in [3.63, 3.8) is 0 Å². The van der Waals surface area contributed by atoms with Crippen molar-refractivity contribution in [1.29, 1.82) is 0 Å². The molecule has 1 unspecified atom stereocenters. The molecule has 1 N–H and O–H groups in total. The molecule has 0 fully saturated rings. The van der Waals surface area contributed by atoms with Gasteiger partial charge >= 0.3 is 0 Å². The van der Waals surface area contributed by atoms with Crippen LogP contribution in [-0.4, -0.2) is 17.8 Å². The zero-order chi connectivity index (χ0) is 12.1. The molecule has 17 heavy (non-hydrogen) atoms. The normalized spacial score (nSPS) is 18.5. The van der Waals surface area contributed by atoms with Crippen molar-refractivity contribution in [2.45, 2.75) is 38.1 Å². The molecule has 0 saturated heterocycles. The van der Waals surface area contributed by atoms with E-state index in [1.54, 1.807) is 0 Å². The van der Waals surface area contributed by atoms with Crippen molar-refractivity contribution in [1.82, 2.24) is 5.32 Å². The molecule has 0 aromatic heterocycles. The molecule has 0 aliphatic heterocycles. The fourth-order valence-corrected chi connectivity index (χ4v) is 2.48. The van der Waals surface area contributed by atoms with E-state index in [0.29, 0.717) is 18.3 Å². The minimum Gasteiger partial charge on any atom is -0.353 e. The lowest BCUT2D eigenvalue weighted by Gasteiger charge is -2.25. The molecule has 1 aromatic rings. The number of benzene rings is 1. The maximum Gasteiger partial charge on any atom is 0.220 e.